The fourth-order valence-electron chi connectivity index (χ4n) is 4.05. The number of thioether (sulfide) groups is 1. The molecule has 0 bridgehead atoms. The first-order chi connectivity index (χ1) is 12.0. The third-order valence-corrected chi connectivity index (χ3v) is 6.46. The van der Waals surface area contributed by atoms with Crippen molar-refractivity contribution in [1.29, 1.82) is 0 Å². The minimum absolute atomic E-state index is 0.573. The maximum Gasteiger partial charge on any atom is 0.316 e. The van der Waals surface area contributed by atoms with Crippen LogP contribution in [-0.2, 0) is 5.72 Å². The molecule has 1 atom stereocenters. The van der Waals surface area contributed by atoms with E-state index in [1.807, 2.05) is 11.8 Å². The highest BCUT2D eigenvalue weighted by molar-refractivity contribution is 8.13. The van der Waals surface area contributed by atoms with Crippen molar-refractivity contribution in [1.82, 2.24) is 0 Å². The van der Waals surface area contributed by atoms with Gasteiger partial charge in [0.15, 0.2) is 6.54 Å². The topological polar surface area (TPSA) is 26.5 Å². The van der Waals surface area contributed by atoms with Crippen molar-refractivity contribution < 1.29 is 9.68 Å². The highest BCUT2D eigenvalue weighted by Gasteiger charge is 2.53. The van der Waals surface area contributed by atoms with Crippen LogP contribution in [0.15, 0.2) is 42.5 Å². The lowest BCUT2D eigenvalue weighted by Gasteiger charge is -2.26. The second kappa shape index (κ2) is 6.19. The summed E-state index contributed by atoms with van der Waals surface area (Å²) in [5, 5.41) is 13.0. The Morgan fingerprint density at radius 1 is 1.08 bits per heavy atom. The van der Waals surface area contributed by atoms with Crippen LogP contribution in [0.5, 0.6) is 0 Å². The quantitative estimate of drug-likeness (QED) is 0.832. The Labute approximate surface area is 154 Å². The average Bonchev–Trinajstić information content (AvgIpc) is 2.89. The minimum atomic E-state index is -0.969. The fraction of sp³-hybridized carbons (Fsp3) is 0.381. The van der Waals surface area contributed by atoms with E-state index < -0.39 is 5.72 Å². The summed E-state index contributed by atoms with van der Waals surface area (Å²) in [5.74, 6) is 1.11. The van der Waals surface area contributed by atoms with E-state index in [0.29, 0.717) is 6.54 Å². The number of anilines is 1. The first-order valence-electron chi connectivity index (χ1n) is 8.91. The smallest absolute Gasteiger partial charge is 0.316 e. The summed E-state index contributed by atoms with van der Waals surface area (Å²) in [6.07, 6.45) is 1.10. The van der Waals surface area contributed by atoms with Gasteiger partial charge < -0.3 is 5.11 Å². The molecule has 2 heterocycles. The summed E-state index contributed by atoms with van der Waals surface area (Å²) in [6.45, 7) is 7.82. The molecule has 2 aromatic rings. The Bertz CT molecular complexity index is 861. The van der Waals surface area contributed by atoms with Gasteiger partial charge in [0.1, 0.15) is 5.69 Å². The van der Waals surface area contributed by atoms with E-state index in [2.05, 4.69) is 72.7 Å². The maximum atomic E-state index is 11.8. The zero-order valence-electron chi connectivity index (χ0n) is 15.1. The molecular weight excluding hydrogens is 328 g/mol. The van der Waals surface area contributed by atoms with Crippen LogP contribution in [0.1, 0.15) is 28.7 Å². The maximum absolute atomic E-state index is 11.8. The number of hydrogen-bond acceptors (Lipinski definition) is 3. The summed E-state index contributed by atoms with van der Waals surface area (Å²) in [6, 6.07) is 14.8. The monoisotopic (exact) mass is 353 g/mol. The van der Waals surface area contributed by atoms with Crippen molar-refractivity contribution in [2.45, 2.75) is 32.9 Å². The number of hydrogen-bond donors (Lipinski definition) is 1. The van der Waals surface area contributed by atoms with Crippen LogP contribution in [0.25, 0.3) is 0 Å². The van der Waals surface area contributed by atoms with Crippen molar-refractivity contribution in [2.75, 3.05) is 23.7 Å². The summed E-state index contributed by atoms with van der Waals surface area (Å²) in [5.41, 5.74) is 4.88. The van der Waals surface area contributed by atoms with Crippen molar-refractivity contribution >= 4 is 22.6 Å². The van der Waals surface area contributed by atoms with Gasteiger partial charge in [0, 0.05) is 11.3 Å². The van der Waals surface area contributed by atoms with Crippen LogP contribution in [0.4, 0.5) is 5.69 Å². The standard InChI is InChI=1S/C21H25N2OS/c1-15-9-10-18(17(3)13-15)21(24)14-22(19-8-5-4-7-16(19)2)20-23(21)11-6-12-25-20/h4-5,7-10,13,24H,6,11-12,14H2,1-3H3/q+1. The van der Waals surface area contributed by atoms with E-state index in [1.54, 1.807) is 0 Å². The van der Waals surface area contributed by atoms with Gasteiger partial charge in [-0.1, -0.05) is 42.0 Å². The molecule has 2 aliphatic heterocycles. The Balaban J connectivity index is 1.85. The van der Waals surface area contributed by atoms with Gasteiger partial charge in [0.25, 0.3) is 5.72 Å². The molecule has 0 saturated heterocycles. The first-order valence-corrected chi connectivity index (χ1v) is 9.90. The minimum Gasteiger partial charge on any atom is -0.346 e. The van der Waals surface area contributed by atoms with E-state index in [1.165, 1.54) is 22.0 Å². The molecule has 1 N–H and O–H groups in total. The van der Waals surface area contributed by atoms with E-state index in [4.69, 9.17) is 0 Å². The number of benzene rings is 2. The predicted molar refractivity (Wildman–Crippen MR) is 106 cm³/mol. The van der Waals surface area contributed by atoms with Gasteiger partial charge in [-0.15, -0.1) is 0 Å². The predicted octanol–water partition coefficient (Wildman–Crippen LogP) is 3.78. The molecular formula is C21H25N2OS+. The molecule has 2 aliphatic rings. The number of nitrogens with zero attached hydrogens (tertiary/aromatic N) is 2. The number of para-hydroxylation sites is 1. The van der Waals surface area contributed by atoms with Crippen LogP contribution in [0.2, 0.25) is 0 Å². The lowest BCUT2D eigenvalue weighted by atomic mass is 9.95. The van der Waals surface area contributed by atoms with Gasteiger partial charge in [0.2, 0.25) is 0 Å². The molecule has 0 fully saturated rings. The molecule has 0 radical (unpaired) electrons. The molecule has 0 saturated carbocycles. The number of β-amino-alcohol motifs (C(OH)–C–C–N with tert-alkyl or cyclic N) is 1. The van der Waals surface area contributed by atoms with Crippen molar-refractivity contribution in [2.24, 2.45) is 0 Å². The van der Waals surface area contributed by atoms with Crippen LogP contribution < -0.4 is 4.90 Å². The zero-order chi connectivity index (χ0) is 17.6. The second-order valence-electron chi connectivity index (χ2n) is 7.14. The van der Waals surface area contributed by atoms with E-state index in [-0.39, 0.29) is 0 Å². The van der Waals surface area contributed by atoms with Crippen molar-refractivity contribution in [3.05, 3.63) is 64.7 Å². The normalized spacial score (nSPS) is 23.1. The van der Waals surface area contributed by atoms with E-state index in [9.17, 15) is 5.11 Å². The molecule has 130 valence electrons. The Hall–Kier alpha value is -1.78. The Kier molecular flexibility index (Phi) is 4.13. The van der Waals surface area contributed by atoms with Gasteiger partial charge in [0.05, 0.1) is 6.54 Å². The van der Waals surface area contributed by atoms with Crippen LogP contribution >= 0.6 is 11.8 Å². The largest absolute Gasteiger partial charge is 0.346 e. The highest BCUT2D eigenvalue weighted by Crippen LogP contribution is 2.39. The molecule has 0 aliphatic carbocycles. The number of rotatable bonds is 2. The summed E-state index contributed by atoms with van der Waals surface area (Å²) < 4.78 is 2.21. The molecule has 25 heavy (non-hydrogen) atoms. The average molecular weight is 354 g/mol. The molecule has 4 rings (SSSR count). The third kappa shape index (κ3) is 2.68. The van der Waals surface area contributed by atoms with Crippen LogP contribution in [0, 0.1) is 20.8 Å². The highest BCUT2D eigenvalue weighted by atomic mass is 32.2. The van der Waals surface area contributed by atoms with Crippen LogP contribution in [0.3, 0.4) is 0 Å². The molecule has 1 unspecified atom stereocenters. The Morgan fingerprint density at radius 2 is 1.88 bits per heavy atom. The first kappa shape index (κ1) is 16.7. The van der Waals surface area contributed by atoms with Gasteiger partial charge in [-0.25, -0.2) is 9.48 Å². The third-order valence-electron chi connectivity index (χ3n) is 5.26. The lowest BCUT2D eigenvalue weighted by Crippen LogP contribution is -2.42. The lowest BCUT2D eigenvalue weighted by molar-refractivity contribution is -0.656. The van der Waals surface area contributed by atoms with Crippen LogP contribution in [-0.4, -0.2) is 33.7 Å². The van der Waals surface area contributed by atoms with Crippen molar-refractivity contribution in [3.63, 3.8) is 0 Å². The van der Waals surface area contributed by atoms with Gasteiger partial charge >= 0.3 is 5.17 Å². The summed E-state index contributed by atoms with van der Waals surface area (Å²) in [4.78, 5) is 2.30. The van der Waals surface area contributed by atoms with E-state index >= 15 is 0 Å². The summed E-state index contributed by atoms with van der Waals surface area (Å²) >= 11 is 1.86. The van der Waals surface area contributed by atoms with Gasteiger partial charge in [-0.3, -0.25) is 0 Å². The molecule has 0 spiro atoms. The van der Waals surface area contributed by atoms with Crippen molar-refractivity contribution in [3.8, 4) is 0 Å². The van der Waals surface area contributed by atoms with E-state index in [0.717, 1.165) is 29.8 Å². The SMILES string of the molecule is Cc1ccc(C2(O)CN(c3ccccc3C)C3=[N+]2CCCS3)c(C)c1. The molecule has 2 aromatic carbocycles. The number of aliphatic hydroxyl groups is 1. The fourth-order valence-corrected chi connectivity index (χ4v) is 5.22. The zero-order valence-corrected chi connectivity index (χ0v) is 15.9. The Morgan fingerprint density at radius 3 is 2.64 bits per heavy atom. The second-order valence-corrected chi connectivity index (χ2v) is 8.21. The van der Waals surface area contributed by atoms with Gasteiger partial charge in [-0.2, -0.15) is 0 Å². The summed E-state index contributed by atoms with van der Waals surface area (Å²) in [7, 11) is 0. The van der Waals surface area contributed by atoms with Gasteiger partial charge in [-0.05, 0) is 56.1 Å². The molecule has 0 aromatic heterocycles. The number of aryl methyl sites for hydroxylation is 3. The molecule has 4 heteroatoms. The number of amidine groups is 1. The molecule has 3 nitrogen and oxygen atoms in total. The molecule has 0 amide bonds.